The van der Waals surface area contributed by atoms with Gasteiger partial charge in [0.25, 0.3) is 0 Å². The van der Waals surface area contributed by atoms with Gasteiger partial charge in [-0.05, 0) is 65.8 Å². The number of nitrogens with one attached hydrogen (secondary N) is 2. The van der Waals surface area contributed by atoms with Crippen molar-refractivity contribution < 1.29 is 14.3 Å². The average Bonchev–Trinajstić information content (AvgIpc) is 2.89. The second kappa shape index (κ2) is 11.1. The molecule has 1 aliphatic rings. The first-order valence-corrected chi connectivity index (χ1v) is 12.1. The Labute approximate surface area is 207 Å². The zero-order valence-electron chi connectivity index (χ0n) is 20.9. The quantitative estimate of drug-likeness (QED) is 0.419. The first-order valence-electron chi connectivity index (χ1n) is 12.1. The van der Waals surface area contributed by atoms with Crippen molar-refractivity contribution in [3.8, 4) is 11.5 Å². The number of rotatable bonds is 8. The van der Waals surface area contributed by atoms with Gasteiger partial charge in [-0.3, -0.25) is 4.99 Å². The van der Waals surface area contributed by atoms with Gasteiger partial charge in [-0.1, -0.05) is 44.2 Å². The monoisotopic (exact) mass is 471 g/mol. The fourth-order valence-corrected chi connectivity index (χ4v) is 4.52. The van der Waals surface area contributed by atoms with E-state index >= 15 is 0 Å². The number of hydrogen-bond acceptors (Lipinski definition) is 4. The number of para-hydroxylation sites is 1. The van der Waals surface area contributed by atoms with E-state index in [0.29, 0.717) is 12.2 Å². The van der Waals surface area contributed by atoms with Gasteiger partial charge in [-0.15, -0.1) is 0 Å². The summed E-state index contributed by atoms with van der Waals surface area (Å²) in [5.41, 5.74) is 8.42. The van der Waals surface area contributed by atoms with E-state index in [0.717, 1.165) is 70.9 Å². The van der Waals surface area contributed by atoms with E-state index < -0.39 is 0 Å². The summed E-state index contributed by atoms with van der Waals surface area (Å²) < 4.78 is 11.0. The van der Waals surface area contributed by atoms with Gasteiger partial charge in [0.05, 0.1) is 14.2 Å². The van der Waals surface area contributed by atoms with Crippen LogP contribution in [0.15, 0.2) is 59.6 Å². The van der Waals surface area contributed by atoms with Crippen LogP contribution in [0.2, 0.25) is 0 Å². The van der Waals surface area contributed by atoms with Crippen LogP contribution in [0.3, 0.4) is 0 Å². The van der Waals surface area contributed by atoms with Gasteiger partial charge < -0.3 is 20.1 Å². The van der Waals surface area contributed by atoms with E-state index in [2.05, 4.69) is 42.7 Å². The molecule has 0 radical (unpaired) electrons. The van der Waals surface area contributed by atoms with Gasteiger partial charge >= 0.3 is 6.03 Å². The van der Waals surface area contributed by atoms with Gasteiger partial charge in [-0.2, -0.15) is 0 Å². The first kappa shape index (κ1) is 24.3. The van der Waals surface area contributed by atoms with E-state index in [1.807, 2.05) is 36.4 Å². The lowest BCUT2D eigenvalue weighted by Gasteiger charge is -2.20. The van der Waals surface area contributed by atoms with E-state index in [1.54, 1.807) is 14.2 Å². The fourth-order valence-electron chi connectivity index (χ4n) is 4.52. The number of carbonyl (C=O) groups is 1. The van der Waals surface area contributed by atoms with Crippen molar-refractivity contribution in [2.24, 2.45) is 4.99 Å². The highest BCUT2D eigenvalue weighted by Crippen LogP contribution is 2.33. The van der Waals surface area contributed by atoms with Gasteiger partial charge in [0.1, 0.15) is 0 Å². The molecule has 1 aliphatic heterocycles. The van der Waals surface area contributed by atoms with Gasteiger partial charge in [0.15, 0.2) is 11.5 Å². The molecule has 1 heterocycles. The Balaban J connectivity index is 1.45. The molecule has 2 N–H and O–H groups in total. The topological polar surface area (TPSA) is 72.0 Å². The molecule has 0 fully saturated rings. The summed E-state index contributed by atoms with van der Waals surface area (Å²) in [5, 5.41) is 6.01. The molecule has 0 spiro atoms. The molecular formula is C29H33N3O3. The third-order valence-electron chi connectivity index (χ3n) is 6.42. The number of ether oxygens (including phenoxy) is 2. The molecular weight excluding hydrogens is 438 g/mol. The molecule has 0 aromatic heterocycles. The molecule has 4 rings (SSSR count). The minimum absolute atomic E-state index is 0.236. The number of benzene rings is 3. The average molecular weight is 472 g/mol. The Bertz CT molecular complexity index is 1210. The molecule has 6 heteroatoms. The lowest BCUT2D eigenvalue weighted by molar-refractivity contribution is 0.262. The number of nitrogens with zero attached hydrogens (tertiary/aromatic N) is 1. The standard InChI is InChI=1S/C29H33N3O3/c1-5-20-8-7-9-21(6-2)28(20)32-29(33)31-23-12-10-19(11-13-23)16-25-24-18-27(35-4)26(34-3)17-22(24)14-15-30-25/h7-13,17-18H,5-6,14-16H2,1-4H3,(H2,31,32,33). The predicted octanol–water partition coefficient (Wildman–Crippen LogP) is 6.06. The van der Waals surface area contributed by atoms with Crippen molar-refractivity contribution in [2.45, 2.75) is 39.5 Å². The van der Waals surface area contributed by atoms with Crippen LogP contribution >= 0.6 is 0 Å². The normalized spacial score (nSPS) is 12.4. The number of aliphatic imine (C=N–C) groups is 1. The summed E-state index contributed by atoms with van der Waals surface area (Å²) in [6.45, 7) is 4.95. The molecule has 3 aromatic rings. The highest BCUT2D eigenvalue weighted by atomic mass is 16.5. The fraction of sp³-hybridized carbons (Fsp3) is 0.310. The third kappa shape index (κ3) is 5.48. The Hall–Kier alpha value is -3.80. The lowest BCUT2D eigenvalue weighted by atomic mass is 9.93. The molecule has 0 bridgehead atoms. The molecule has 0 atom stereocenters. The summed E-state index contributed by atoms with van der Waals surface area (Å²) in [7, 11) is 3.30. The number of aryl methyl sites for hydroxylation is 2. The van der Waals surface area contributed by atoms with E-state index in [-0.39, 0.29) is 6.03 Å². The highest BCUT2D eigenvalue weighted by molar-refractivity contribution is 6.04. The van der Waals surface area contributed by atoms with Crippen molar-refractivity contribution in [1.82, 2.24) is 0 Å². The summed E-state index contributed by atoms with van der Waals surface area (Å²) >= 11 is 0. The lowest BCUT2D eigenvalue weighted by Crippen LogP contribution is -2.21. The Kier molecular flexibility index (Phi) is 7.70. The van der Waals surface area contributed by atoms with Crippen LogP contribution in [0.25, 0.3) is 0 Å². The van der Waals surface area contributed by atoms with E-state index in [1.165, 1.54) is 5.56 Å². The van der Waals surface area contributed by atoms with Gasteiger partial charge in [0.2, 0.25) is 0 Å². The highest BCUT2D eigenvalue weighted by Gasteiger charge is 2.19. The third-order valence-corrected chi connectivity index (χ3v) is 6.42. The molecule has 0 unspecified atom stereocenters. The Morgan fingerprint density at radius 2 is 1.57 bits per heavy atom. The Morgan fingerprint density at radius 3 is 2.20 bits per heavy atom. The molecule has 0 aliphatic carbocycles. The summed E-state index contributed by atoms with van der Waals surface area (Å²) in [6, 6.07) is 17.9. The van der Waals surface area contributed by atoms with Crippen LogP contribution in [0.1, 0.15) is 41.7 Å². The van der Waals surface area contributed by atoms with E-state index in [4.69, 9.17) is 14.5 Å². The number of methoxy groups -OCH3 is 2. The van der Waals surface area contributed by atoms with Crippen LogP contribution < -0.4 is 20.1 Å². The number of urea groups is 1. The molecule has 182 valence electrons. The second-order valence-corrected chi connectivity index (χ2v) is 8.55. The maximum atomic E-state index is 12.7. The maximum absolute atomic E-state index is 12.7. The van der Waals surface area contributed by atoms with E-state index in [9.17, 15) is 4.79 Å². The number of anilines is 2. The summed E-state index contributed by atoms with van der Waals surface area (Å²) in [5.74, 6) is 1.45. The predicted molar refractivity (Wildman–Crippen MR) is 143 cm³/mol. The number of hydrogen-bond donors (Lipinski definition) is 2. The van der Waals surface area contributed by atoms with Crippen molar-refractivity contribution in [3.05, 3.63) is 82.4 Å². The number of amides is 2. The van der Waals surface area contributed by atoms with Crippen LogP contribution in [0, 0.1) is 0 Å². The van der Waals surface area contributed by atoms with Crippen LogP contribution in [-0.2, 0) is 25.7 Å². The molecule has 35 heavy (non-hydrogen) atoms. The second-order valence-electron chi connectivity index (χ2n) is 8.55. The minimum atomic E-state index is -0.236. The largest absolute Gasteiger partial charge is 0.493 e. The molecule has 2 amide bonds. The van der Waals surface area contributed by atoms with Crippen LogP contribution in [0.4, 0.5) is 16.2 Å². The summed E-state index contributed by atoms with van der Waals surface area (Å²) in [4.78, 5) is 17.5. The van der Waals surface area contributed by atoms with Crippen molar-refractivity contribution >= 4 is 23.1 Å². The van der Waals surface area contributed by atoms with Crippen molar-refractivity contribution in [3.63, 3.8) is 0 Å². The molecule has 6 nitrogen and oxygen atoms in total. The van der Waals surface area contributed by atoms with Crippen LogP contribution in [0.5, 0.6) is 11.5 Å². The molecule has 0 saturated carbocycles. The number of carbonyl (C=O) groups excluding carboxylic acids is 1. The molecule has 0 saturated heterocycles. The number of fused-ring (bicyclic) bond motifs is 1. The SMILES string of the molecule is CCc1cccc(CC)c1NC(=O)Nc1ccc(CC2=NCCc3cc(OC)c(OC)cc32)cc1. The van der Waals surface area contributed by atoms with Crippen LogP contribution in [-0.4, -0.2) is 32.5 Å². The minimum Gasteiger partial charge on any atom is -0.493 e. The van der Waals surface area contributed by atoms with Crippen molar-refractivity contribution in [2.75, 3.05) is 31.4 Å². The molecule has 3 aromatic carbocycles. The van der Waals surface area contributed by atoms with Gasteiger partial charge in [0, 0.05) is 35.6 Å². The van der Waals surface area contributed by atoms with Gasteiger partial charge in [-0.25, -0.2) is 4.79 Å². The van der Waals surface area contributed by atoms with Crippen molar-refractivity contribution in [1.29, 1.82) is 0 Å². The first-order chi connectivity index (χ1) is 17.1. The zero-order valence-corrected chi connectivity index (χ0v) is 20.9. The maximum Gasteiger partial charge on any atom is 0.323 e. The Morgan fingerprint density at radius 1 is 0.914 bits per heavy atom. The summed E-state index contributed by atoms with van der Waals surface area (Å²) in [6.07, 6.45) is 3.32. The smallest absolute Gasteiger partial charge is 0.323 e. The zero-order chi connectivity index (χ0) is 24.8.